The number of amides is 1. The lowest BCUT2D eigenvalue weighted by atomic mass is 10.0. The van der Waals surface area contributed by atoms with Crippen molar-refractivity contribution in [2.45, 2.75) is 38.1 Å². The number of aromatic nitrogens is 1. The van der Waals surface area contributed by atoms with Crippen LogP contribution in [0.15, 0.2) is 52.4 Å². The largest absolute Gasteiger partial charge is 0.497 e. The van der Waals surface area contributed by atoms with Crippen LogP contribution >= 0.6 is 11.3 Å². The first-order valence-electron chi connectivity index (χ1n) is 9.67. The molecule has 1 aromatic carbocycles. The molecule has 1 fully saturated rings. The van der Waals surface area contributed by atoms with Crippen molar-refractivity contribution >= 4 is 17.2 Å². The third kappa shape index (κ3) is 4.12. The molecule has 2 aromatic heterocycles. The predicted octanol–water partition coefficient (Wildman–Crippen LogP) is 5.10. The molecule has 0 bridgehead atoms. The van der Waals surface area contributed by atoms with E-state index < -0.39 is 0 Å². The van der Waals surface area contributed by atoms with Crippen LogP contribution in [0.25, 0.3) is 11.3 Å². The molecular weight excluding hydrogens is 372 g/mol. The van der Waals surface area contributed by atoms with Crippen molar-refractivity contribution in [3.63, 3.8) is 0 Å². The third-order valence-electron chi connectivity index (χ3n) is 5.22. The Morgan fingerprint density at radius 1 is 1.25 bits per heavy atom. The average Bonchev–Trinajstić information content (AvgIpc) is 3.35. The summed E-state index contributed by atoms with van der Waals surface area (Å²) in [5, 5.41) is 6.35. The number of hydrogen-bond donors (Lipinski definition) is 0. The van der Waals surface area contributed by atoms with Crippen molar-refractivity contribution in [2.75, 3.05) is 13.7 Å². The summed E-state index contributed by atoms with van der Waals surface area (Å²) in [5.41, 5.74) is 1.79. The van der Waals surface area contributed by atoms with Gasteiger partial charge in [0.25, 0.3) is 0 Å². The third-order valence-corrected chi connectivity index (χ3v) is 6.10. The van der Waals surface area contributed by atoms with Crippen molar-refractivity contribution in [3.8, 4) is 17.1 Å². The quantitative estimate of drug-likeness (QED) is 0.602. The van der Waals surface area contributed by atoms with Crippen LogP contribution in [0.2, 0.25) is 0 Å². The fourth-order valence-corrected chi connectivity index (χ4v) is 4.41. The van der Waals surface area contributed by atoms with Gasteiger partial charge in [0, 0.05) is 23.1 Å². The molecule has 146 valence electrons. The first-order chi connectivity index (χ1) is 13.7. The van der Waals surface area contributed by atoms with E-state index in [1.807, 2.05) is 52.7 Å². The summed E-state index contributed by atoms with van der Waals surface area (Å²) >= 11 is 1.63. The van der Waals surface area contributed by atoms with Gasteiger partial charge in [-0.05, 0) is 48.6 Å². The molecule has 4 rings (SSSR count). The van der Waals surface area contributed by atoms with Gasteiger partial charge in [-0.25, -0.2) is 0 Å². The number of nitrogens with zero attached hydrogens (tertiary/aromatic N) is 2. The molecule has 0 N–H and O–H groups in total. The highest BCUT2D eigenvalue weighted by Crippen LogP contribution is 2.33. The Bertz CT molecular complexity index is 902. The summed E-state index contributed by atoms with van der Waals surface area (Å²) < 4.78 is 10.8. The maximum absolute atomic E-state index is 13.0. The van der Waals surface area contributed by atoms with Crippen molar-refractivity contribution in [2.24, 2.45) is 0 Å². The lowest BCUT2D eigenvalue weighted by molar-refractivity contribution is -0.133. The zero-order valence-electron chi connectivity index (χ0n) is 16.0. The highest BCUT2D eigenvalue weighted by Gasteiger charge is 2.29. The molecule has 3 heterocycles. The molecule has 0 spiro atoms. The van der Waals surface area contributed by atoms with Crippen LogP contribution in [0.4, 0.5) is 0 Å². The predicted molar refractivity (Wildman–Crippen MR) is 109 cm³/mol. The van der Waals surface area contributed by atoms with Gasteiger partial charge in [0.05, 0.1) is 19.6 Å². The number of benzene rings is 1. The first-order valence-corrected chi connectivity index (χ1v) is 10.6. The fraction of sp³-hybridized carbons (Fsp3) is 0.364. The molecule has 5 nitrogen and oxygen atoms in total. The highest BCUT2D eigenvalue weighted by molar-refractivity contribution is 7.10. The Hall–Kier alpha value is -2.60. The Morgan fingerprint density at radius 3 is 2.86 bits per heavy atom. The molecule has 28 heavy (non-hydrogen) atoms. The van der Waals surface area contributed by atoms with Crippen LogP contribution in [0.1, 0.15) is 42.3 Å². The minimum Gasteiger partial charge on any atom is -0.497 e. The summed E-state index contributed by atoms with van der Waals surface area (Å²) in [4.78, 5) is 16.1. The van der Waals surface area contributed by atoms with E-state index >= 15 is 0 Å². The Balaban J connectivity index is 1.56. The summed E-state index contributed by atoms with van der Waals surface area (Å²) in [7, 11) is 1.65. The number of likely N-dealkylation sites (tertiary alicyclic amines) is 1. The van der Waals surface area contributed by atoms with E-state index in [1.54, 1.807) is 18.4 Å². The Kier molecular flexibility index (Phi) is 5.76. The number of carbonyl (C=O) groups is 1. The molecule has 0 aliphatic carbocycles. The first kappa shape index (κ1) is 18.7. The van der Waals surface area contributed by atoms with Gasteiger partial charge in [0.2, 0.25) is 5.91 Å². The second-order valence-corrected chi connectivity index (χ2v) is 8.09. The van der Waals surface area contributed by atoms with Crippen molar-refractivity contribution in [1.82, 2.24) is 10.1 Å². The molecule has 0 radical (unpaired) electrons. The molecule has 6 heteroatoms. The Morgan fingerprint density at radius 2 is 2.11 bits per heavy atom. The van der Waals surface area contributed by atoms with Crippen LogP contribution in [-0.4, -0.2) is 29.6 Å². The molecule has 1 amide bonds. The van der Waals surface area contributed by atoms with Gasteiger partial charge in [-0.1, -0.05) is 24.1 Å². The van der Waals surface area contributed by atoms with E-state index in [-0.39, 0.29) is 11.9 Å². The number of carbonyl (C=O) groups excluding carboxylic acids is 1. The molecular formula is C22H24N2O3S. The lowest BCUT2D eigenvalue weighted by Crippen LogP contribution is -2.35. The average molecular weight is 397 g/mol. The second-order valence-electron chi connectivity index (χ2n) is 7.05. The normalized spacial score (nSPS) is 17.3. The Labute approximate surface area is 168 Å². The van der Waals surface area contributed by atoms with Gasteiger partial charge in [0.15, 0.2) is 5.76 Å². The smallest absolute Gasteiger partial charge is 0.228 e. The summed E-state index contributed by atoms with van der Waals surface area (Å²) in [6, 6.07) is 13.7. The summed E-state index contributed by atoms with van der Waals surface area (Å²) in [6.07, 6.45) is 4.65. The topological polar surface area (TPSA) is 55.6 Å². The van der Waals surface area contributed by atoms with E-state index in [0.717, 1.165) is 54.1 Å². The van der Waals surface area contributed by atoms with E-state index in [9.17, 15) is 4.79 Å². The van der Waals surface area contributed by atoms with Gasteiger partial charge < -0.3 is 14.2 Å². The highest BCUT2D eigenvalue weighted by atomic mass is 32.1. The van der Waals surface area contributed by atoms with Crippen LogP contribution < -0.4 is 4.74 Å². The van der Waals surface area contributed by atoms with Gasteiger partial charge in [-0.3, -0.25) is 4.79 Å². The van der Waals surface area contributed by atoms with Gasteiger partial charge >= 0.3 is 0 Å². The molecule has 1 aliphatic heterocycles. The molecule has 3 aromatic rings. The van der Waals surface area contributed by atoms with E-state index in [0.29, 0.717) is 12.2 Å². The van der Waals surface area contributed by atoms with Crippen molar-refractivity contribution < 1.29 is 14.1 Å². The number of methoxy groups -OCH3 is 1. The van der Waals surface area contributed by atoms with Crippen molar-refractivity contribution in [1.29, 1.82) is 0 Å². The number of ether oxygens (including phenoxy) is 1. The maximum Gasteiger partial charge on any atom is 0.228 e. The van der Waals surface area contributed by atoms with Crippen LogP contribution in [-0.2, 0) is 11.2 Å². The summed E-state index contributed by atoms with van der Waals surface area (Å²) in [5.74, 6) is 1.69. The standard InChI is InChI=1S/C22H24N2O3S/c1-26-17-10-8-16(9-11-17)21-15-19(23-27-21)20-7-3-2-4-12-24(20)22(25)14-18-6-5-13-28-18/h5-6,8-11,13,15,20H,2-4,7,12,14H2,1H3/t20-/m1/s1. The van der Waals surface area contributed by atoms with Gasteiger partial charge in [-0.15, -0.1) is 11.3 Å². The minimum atomic E-state index is -0.0225. The number of thiophene rings is 1. The monoisotopic (exact) mass is 396 g/mol. The number of rotatable bonds is 5. The maximum atomic E-state index is 13.0. The molecule has 1 aliphatic rings. The zero-order chi connectivity index (χ0) is 19.3. The van der Waals surface area contributed by atoms with Crippen LogP contribution in [0.5, 0.6) is 5.75 Å². The van der Waals surface area contributed by atoms with E-state index in [2.05, 4.69) is 5.16 Å². The van der Waals surface area contributed by atoms with Gasteiger partial charge in [-0.2, -0.15) is 0 Å². The number of hydrogen-bond acceptors (Lipinski definition) is 5. The molecule has 1 atom stereocenters. The second kappa shape index (κ2) is 8.61. The molecule has 0 saturated carbocycles. The molecule has 0 unspecified atom stereocenters. The zero-order valence-corrected chi connectivity index (χ0v) is 16.8. The SMILES string of the molecule is COc1ccc(-c2cc([C@H]3CCCCCN3C(=O)Cc3cccs3)no2)cc1. The van der Waals surface area contributed by atoms with Crippen LogP contribution in [0.3, 0.4) is 0 Å². The summed E-state index contributed by atoms with van der Waals surface area (Å²) in [6.45, 7) is 0.777. The van der Waals surface area contributed by atoms with Crippen LogP contribution in [0, 0.1) is 0 Å². The minimum absolute atomic E-state index is 0.0225. The van der Waals surface area contributed by atoms with E-state index in [4.69, 9.17) is 9.26 Å². The fourth-order valence-electron chi connectivity index (χ4n) is 3.72. The lowest BCUT2D eigenvalue weighted by Gasteiger charge is -2.28. The van der Waals surface area contributed by atoms with Gasteiger partial charge in [0.1, 0.15) is 11.4 Å². The van der Waals surface area contributed by atoms with E-state index in [1.165, 1.54) is 0 Å². The molecule has 1 saturated heterocycles. The van der Waals surface area contributed by atoms with Crippen molar-refractivity contribution in [3.05, 3.63) is 58.4 Å².